The molecule has 3 atom stereocenters. The molecule has 2 heterocycles. The number of carbonyl (C=O) groups excluding carboxylic acids is 1. The third kappa shape index (κ3) is 2.27. The molecule has 0 aliphatic carbocycles. The fraction of sp³-hybridized carbons (Fsp3) is 0.562. The molecule has 19 heavy (non-hydrogen) atoms. The van der Waals surface area contributed by atoms with Crippen molar-refractivity contribution in [3.63, 3.8) is 0 Å². The van der Waals surface area contributed by atoms with Gasteiger partial charge in [-0.2, -0.15) is 0 Å². The Balaban J connectivity index is 1.83. The maximum absolute atomic E-state index is 12.6. The minimum Gasteiger partial charge on any atom is -0.490 e. The lowest BCUT2D eigenvalue weighted by Gasteiger charge is -2.15. The lowest BCUT2D eigenvalue weighted by atomic mass is 9.89. The van der Waals surface area contributed by atoms with Gasteiger partial charge in [0.15, 0.2) is 5.78 Å². The van der Waals surface area contributed by atoms with Crippen LogP contribution in [0.5, 0.6) is 5.75 Å². The molecule has 1 aromatic carbocycles. The lowest BCUT2D eigenvalue weighted by Crippen LogP contribution is -2.23. The molecule has 0 aromatic heterocycles. The van der Waals surface area contributed by atoms with Gasteiger partial charge in [0.25, 0.3) is 0 Å². The Hall–Kier alpha value is -1.35. The first-order valence-corrected chi connectivity index (χ1v) is 7.14. The first-order valence-electron chi connectivity index (χ1n) is 7.14. The van der Waals surface area contributed by atoms with E-state index >= 15 is 0 Å². The van der Waals surface area contributed by atoms with E-state index in [4.69, 9.17) is 9.47 Å². The predicted octanol–water partition coefficient (Wildman–Crippen LogP) is 3.01. The van der Waals surface area contributed by atoms with E-state index in [2.05, 4.69) is 13.8 Å². The highest BCUT2D eigenvalue weighted by atomic mass is 16.5. The number of ketones is 1. The summed E-state index contributed by atoms with van der Waals surface area (Å²) in [7, 11) is 0. The molecule has 3 heteroatoms. The number of Topliss-reactive ketones (excluding diaryl/α,β-unsaturated/α-hetero) is 1. The second kappa shape index (κ2) is 4.97. The molecule has 102 valence electrons. The van der Waals surface area contributed by atoms with Gasteiger partial charge in [-0.05, 0) is 43.5 Å². The predicted molar refractivity (Wildman–Crippen MR) is 72.7 cm³/mol. The van der Waals surface area contributed by atoms with Crippen LogP contribution in [0.3, 0.4) is 0 Å². The molecule has 0 saturated carbocycles. The molecule has 2 aliphatic heterocycles. The second-order valence-corrected chi connectivity index (χ2v) is 5.53. The molecular formula is C16H20O3. The van der Waals surface area contributed by atoms with Crippen LogP contribution in [-0.4, -0.2) is 24.6 Å². The Morgan fingerprint density at radius 3 is 3.05 bits per heavy atom. The van der Waals surface area contributed by atoms with Crippen molar-refractivity contribution in [1.29, 1.82) is 0 Å². The van der Waals surface area contributed by atoms with E-state index in [0.717, 1.165) is 36.1 Å². The molecule has 0 amide bonds. The third-order valence-electron chi connectivity index (χ3n) is 4.13. The van der Waals surface area contributed by atoms with E-state index in [1.54, 1.807) is 0 Å². The van der Waals surface area contributed by atoms with Crippen LogP contribution in [0, 0.1) is 5.92 Å². The van der Waals surface area contributed by atoms with Crippen LogP contribution in [0.2, 0.25) is 0 Å². The molecule has 2 aliphatic rings. The Morgan fingerprint density at radius 1 is 1.42 bits per heavy atom. The van der Waals surface area contributed by atoms with Crippen molar-refractivity contribution in [2.45, 2.75) is 45.3 Å². The molecule has 0 radical (unpaired) electrons. The molecule has 1 fully saturated rings. The largest absolute Gasteiger partial charge is 0.490 e. The fourth-order valence-corrected chi connectivity index (χ4v) is 3.14. The maximum Gasteiger partial charge on any atom is 0.168 e. The van der Waals surface area contributed by atoms with Crippen molar-refractivity contribution in [3.8, 4) is 5.75 Å². The molecule has 0 N–H and O–H groups in total. The lowest BCUT2D eigenvalue weighted by molar-refractivity contribution is 0.0689. The zero-order valence-electron chi connectivity index (χ0n) is 11.5. The van der Waals surface area contributed by atoms with Crippen molar-refractivity contribution in [2.24, 2.45) is 5.92 Å². The van der Waals surface area contributed by atoms with Gasteiger partial charge in [-0.15, -0.1) is 0 Å². The van der Waals surface area contributed by atoms with E-state index in [1.807, 2.05) is 18.2 Å². The molecule has 1 saturated heterocycles. The average Bonchev–Trinajstić information content (AvgIpc) is 3.01. The standard InChI is InChI=1S/C16H20O3/c1-3-14-13(6-7-18-14)16(17)11-4-5-15-12(9-11)8-10(2)19-15/h4-5,9-10,13-14H,3,6-8H2,1-2H3. The number of fused-ring (bicyclic) bond motifs is 1. The number of benzene rings is 1. The summed E-state index contributed by atoms with van der Waals surface area (Å²) >= 11 is 0. The topological polar surface area (TPSA) is 35.5 Å². The van der Waals surface area contributed by atoms with E-state index in [1.165, 1.54) is 0 Å². The van der Waals surface area contributed by atoms with E-state index in [-0.39, 0.29) is 23.9 Å². The van der Waals surface area contributed by atoms with Crippen molar-refractivity contribution >= 4 is 5.78 Å². The summed E-state index contributed by atoms with van der Waals surface area (Å²) in [6.45, 7) is 4.84. The number of rotatable bonds is 3. The Morgan fingerprint density at radius 2 is 2.26 bits per heavy atom. The highest BCUT2D eigenvalue weighted by molar-refractivity contribution is 5.98. The van der Waals surface area contributed by atoms with Gasteiger partial charge in [0.05, 0.1) is 12.0 Å². The summed E-state index contributed by atoms with van der Waals surface area (Å²) in [5.41, 5.74) is 1.97. The number of carbonyl (C=O) groups is 1. The van der Waals surface area contributed by atoms with Crippen molar-refractivity contribution in [1.82, 2.24) is 0 Å². The van der Waals surface area contributed by atoms with Gasteiger partial charge < -0.3 is 9.47 Å². The van der Waals surface area contributed by atoms with Crippen molar-refractivity contribution in [3.05, 3.63) is 29.3 Å². The average molecular weight is 260 g/mol. The summed E-state index contributed by atoms with van der Waals surface area (Å²) in [4.78, 5) is 12.6. The highest BCUT2D eigenvalue weighted by Gasteiger charge is 2.33. The fourth-order valence-electron chi connectivity index (χ4n) is 3.14. The summed E-state index contributed by atoms with van der Waals surface area (Å²) in [6.07, 6.45) is 2.96. The quantitative estimate of drug-likeness (QED) is 0.784. The number of hydrogen-bond acceptors (Lipinski definition) is 3. The maximum atomic E-state index is 12.6. The van der Waals surface area contributed by atoms with Gasteiger partial charge in [0.2, 0.25) is 0 Å². The van der Waals surface area contributed by atoms with E-state index in [0.29, 0.717) is 6.61 Å². The zero-order chi connectivity index (χ0) is 13.4. The SMILES string of the molecule is CCC1OCCC1C(=O)c1ccc2c(c1)CC(C)O2. The molecule has 0 bridgehead atoms. The van der Waals surface area contributed by atoms with E-state index in [9.17, 15) is 4.79 Å². The van der Waals surface area contributed by atoms with Crippen LogP contribution in [0.1, 0.15) is 42.6 Å². The Bertz CT molecular complexity index is 495. The van der Waals surface area contributed by atoms with Crippen LogP contribution in [0.4, 0.5) is 0 Å². The summed E-state index contributed by atoms with van der Waals surface area (Å²) < 4.78 is 11.3. The van der Waals surface area contributed by atoms with Crippen LogP contribution in [0.25, 0.3) is 0 Å². The van der Waals surface area contributed by atoms with E-state index < -0.39 is 0 Å². The molecular weight excluding hydrogens is 240 g/mol. The van der Waals surface area contributed by atoms with Gasteiger partial charge in [0, 0.05) is 18.6 Å². The zero-order valence-corrected chi connectivity index (χ0v) is 11.5. The van der Waals surface area contributed by atoms with Gasteiger partial charge in [-0.3, -0.25) is 4.79 Å². The molecule has 1 aromatic rings. The molecule has 0 spiro atoms. The Kier molecular flexibility index (Phi) is 3.31. The number of ether oxygens (including phenoxy) is 2. The monoisotopic (exact) mass is 260 g/mol. The van der Waals surface area contributed by atoms with Gasteiger partial charge >= 0.3 is 0 Å². The summed E-state index contributed by atoms with van der Waals surface area (Å²) in [5, 5.41) is 0. The van der Waals surface area contributed by atoms with Gasteiger partial charge in [-0.1, -0.05) is 6.92 Å². The van der Waals surface area contributed by atoms with Gasteiger partial charge in [0.1, 0.15) is 11.9 Å². The third-order valence-corrected chi connectivity index (χ3v) is 4.13. The minimum absolute atomic E-state index is 0.0304. The molecule has 3 unspecified atom stereocenters. The Labute approximate surface area is 113 Å². The van der Waals surface area contributed by atoms with Crippen LogP contribution in [0.15, 0.2) is 18.2 Å². The summed E-state index contributed by atoms with van der Waals surface area (Å²) in [6, 6.07) is 5.83. The van der Waals surface area contributed by atoms with Crippen LogP contribution >= 0.6 is 0 Å². The first kappa shape index (κ1) is 12.7. The van der Waals surface area contributed by atoms with Crippen molar-refractivity contribution < 1.29 is 14.3 Å². The number of hydrogen-bond donors (Lipinski definition) is 0. The van der Waals surface area contributed by atoms with Crippen LogP contribution in [-0.2, 0) is 11.2 Å². The van der Waals surface area contributed by atoms with Crippen LogP contribution < -0.4 is 4.74 Å². The second-order valence-electron chi connectivity index (χ2n) is 5.53. The summed E-state index contributed by atoms with van der Waals surface area (Å²) in [5.74, 6) is 1.19. The minimum atomic E-state index is 0.0304. The highest BCUT2D eigenvalue weighted by Crippen LogP contribution is 2.32. The van der Waals surface area contributed by atoms with Crippen molar-refractivity contribution in [2.75, 3.05) is 6.61 Å². The molecule has 3 nitrogen and oxygen atoms in total. The van der Waals surface area contributed by atoms with Gasteiger partial charge in [-0.25, -0.2) is 0 Å². The molecule has 3 rings (SSSR count). The first-order chi connectivity index (χ1) is 9.19. The normalized spacial score (nSPS) is 29.1. The smallest absolute Gasteiger partial charge is 0.168 e.